The van der Waals surface area contributed by atoms with Crippen molar-refractivity contribution in [2.75, 3.05) is 18.4 Å². The van der Waals surface area contributed by atoms with Gasteiger partial charge in [-0.3, -0.25) is 9.59 Å². The van der Waals surface area contributed by atoms with E-state index in [1.807, 2.05) is 17.0 Å². The normalized spacial score (nSPS) is 21.7. The molecule has 5 heteroatoms. The lowest BCUT2D eigenvalue weighted by atomic mass is 10.1. The maximum Gasteiger partial charge on any atom is 0.266 e. The number of fused-ring (bicyclic) bond motifs is 1. The number of likely N-dealkylation sites (tertiary alicyclic amines) is 1. The molecule has 0 bridgehead atoms. The maximum absolute atomic E-state index is 12.2. The molecule has 0 radical (unpaired) electrons. The van der Waals surface area contributed by atoms with E-state index in [9.17, 15) is 9.59 Å². The van der Waals surface area contributed by atoms with Gasteiger partial charge in [-0.1, -0.05) is 12.1 Å². The third kappa shape index (κ3) is 2.61. The minimum absolute atomic E-state index is 0.00392. The van der Waals surface area contributed by atoms with E-state index in [0.29, 0.717) is 11.4 Å². The Kier molecular flexibility index (Phi) is 3.58. The average molecular weight is 274 g/mol. The highest BCUT2D eigenvalue weighted by atomic mass is 16.5. The highest BCUT2D eigenvalue weighted by Crippen LogP contribution is 2.29. The quantitative estimate of drug-likeness (QED) is 0.894. The molecule has 3 rings (SSSR count). The number of nitrogens with zero attached hydrogens (tertiary/aromatic N) is 1. The van der Waals surface area contributed by atoms with Gasteiger partial charge in [0.15, 0.2) is 6.10 Å². The van der Waals surface area contributed by atoms with Crippen molar-refractivity contribution >= 4 is 17.5 Å². The van der Waals surface area contributed by atoms with Gasteiger partial charge in [-0.05, 0) is 31.4 Å². The van der Waals surface area contributed by atoms with Gasteiger partial charge in [-0.25, -0.2) is 0 Å². The van der Waals surface area contributed by atoms with Gasteiger partial charge in [0.1, 0.15) is 5.75 Å². The Morgan fingerprint density at radius 1 is 1.25 bits per heavy atom. The van der Waals surface area contributed by atoms with E-state index in [0.717, 1.165) is 25.9 Å². The van der Waals surface area contributed by atoms with Crippen molar-refractivity contribution in [2.24, 2.45) is 0 Å². The highest BCUT2D eigenvalue weighted by molar-refractivity contribution is 5.99. The van der Waals surface area contributed by atoms with Crippen molar-refractivity contribution in [1.29, 1.82) is 0 Å². The molecule has 1 N–H and O–H groups in total. The molecular formula is C15H18N2O3. The number of piperidine rings is 1. The van der Waals surface area contributed by atoms with Crippen molar-refractivity contribution in [2.45, 2.75) is 31.8 Å². The zero-order valence-electron chi connectivity index (χ0n) is 11.3. The van der Waals surface area contributed by atoms with Crippen LogP contribution in [0.2, 0.25) is 0 Å². The summed E-state index contributed by atoms with van der Waals surface area (Å²) in [5, 5.41) is 2.78. The summed E-state index contributed by atoms with van der Waals surface area (Å²) < 4.78 is 5.65. The first-order valence-electron chi connectivity index (χ1n) is 7.08. The summed E-state index contributed by atoms with van der Waals surface area (Å²) in [6.07, 6.45) is 2.66. The van der Waals surface area contributed by atoms with Gasteiger partial charge in [0, 0.05) is 13.1 Å². The standard InChI is InChI=1S/C15H18N2O3/c18-14(17-8-4-1-5-9-17)10-13-15(19)16-11-6-2-3-7-12(11)20-13/h2-3,6-7,13H,1,4-5,8-10H2,(H,16,19)/t13-/m1/s1. The Labute approximate surface area is 117 Å². The molecule has 2 aliphatic heterocycles. The summed E-state index contributed by atoms with van der Waals surface area (Å²) in [4.78, 5) is 26.0. The number of benzene rings is 1. The molecule has 1 aromatic rings. The summed E-state index contributed by atoms with van der Waals surface area (Å²) >= 11 is 0. The number of carbonyl (C=O) groups is 2. The molecule has 1 fully saturated rings. The van der Waals surface area contributed by atoms with Crippen molar-refractivity contribution in [3.63, 3.8) is 0 Å². The fourth-order valence-corrected chi connectivity index (χ4v) is 2.66. The lowest BCUT2D eigenvalue weighted by Crippen LogP contribution is -2.43. The Hall–Kier alpha value is -2.04. The van der Waals surface area contributed by atoms with Crippen molar-refractivity contribution in [3.8, 4) is 5.75 Å². The van der Waals surface area contributed by atoms with Gasteiger partial charge in [0.05, 0.1) is 12.1 Å². The van der Waals surface area contributed by atoms with Crippen LogP contribution in [-0.2, 0) is 9.59 Å². The lowest BCUT2D eigenvalue weighted by Gasteiger charge is -2.30. The predicted molar refractivity (Wildman–Crippen MR) is 74.5 cm³/mol. The SMILES string of the molecule is O=C1Nc2ccccc2O[C@@H]1CC(=O)N1CCCCC1. The molecule has 2 amide bonds. The van der Waals surface area contributed by atoms with Crippen molar-refractivity contribution in [1.82, 2.24) is 4.90 Å². The minimum Gasteiger partial charge on any atom is -0.478 e. The molecule has 1 aromatic carbocycles. The smallest absolute Gasteiger partial charge is 0.266 e. The summed E-state index contributed by atoms with van der Waals surface area (Å²) in [6.45, 7) is 1.59. The van der Waals surface area contributed by atoms with Crippen LogP contribution in [0, 0.1) is 0 Å². The predicted octanol–water partition coefficient (Wildman–Crippen LogP) is 1.79. The molecule has 1 atom stereocenters. The van der Waals surface area contributed by atoms with Crippen molar-refractivity contribution < 1.29 is 14.3 Å². The summed E-state index contributed by atoms with van der Waals surface area (Å²) in [5.41, 5.74) is 0.666. The number of rotatable bonds is 2. The molecule has 106 valence electrons. The fourth-order valence-electron chi connectivity index (χ4n) is 2.66. The number of carbonyl (C=O) groups excluding carboxylic acids is 2. The summed E-state index contributed by atoms with van der Waals surface area (Å²) in [6, 6.07) is 7.27. The first kappa shape index (κ1) is 13.0. The molecule has 0 saturated carbocycles. The first-order chi connectivity index (χ1) is 9.74. The number of ether oxygens (including phenoxy) is 1. The monoisotopic (exact) mass is 274 g/mol. The molecule has 0 unspecified atom stereocenters. The maximum atomic E-state index is 12.2. The molecule has 0 aliphatic carbocycles. The minimum atomic E-state index is -0.723. The van der Waals surface area contributed by atoms with Crippen LogP contribution < -0.4 is 10.1 Å². The van der Waals surface area contributed by atoms with Gasteiger partial charge < -0.3 is 15.0 Å². The zero-order valence-corrected chi connectivity index (χ0v) is 11.3. The second-order valence-electron chi connectivity index (χ2n) is 5.24. The molecule has 0 aromatic heterocycles. The van der Waals surface area contributed by atoms with Gasteiger partial charge in [-0.15, -0.1) is 0 Å². The molecule has 1 saturated heterocycles. The van der Waals surface area contributed by atoms with Crippen LogP contribution in [0.25, 0.3) is 0 Å². The van der Waals surface area contributed by atoms with Gasteiger partial charge in [0.25, 0.3) is 5.91 Å². The van der Waals surface area contributed by atoms with Crippen LogP contribution in [0.3, 0.4) is 0 Å². The Bertz CT molecular complexity index is 524. The molecule has 2 aliphatic rings. The van der Waals surface area contributed by atoms with Crippen LogP contribution in [-0.4, -0.2) is 35.9 Å². The van der Waals surface area contributed by atoms with Gasteiger partial charge in [0.2, 0.25) is 5.91 Å². The largest absolute Gasteiger partial charge is 0.478 e. The number of amides is 2. The molecule has 5 nitrogen and oxygen atoms in total. The number of hydrogen-bond donors (Lipinski definition) is 1. The van der Waals surface area contributed by atoms with Crippen LogP contribution >= 0.6 is 0 Å². The van der Waals surface area contributed by atoms with Gasteiger partial charge in [-0.2, -0.15) is 0 Å². The number of nitrogens with one attached hydrogen (secondary N) is 1. The van der Waals surface area contributed by atoms with Gasteiger partial charge >= 0.3 is 0 Å². The van der Waals surface area contributed by atoms with Crippen LogP contribution in [0.15, 0.2) is 24.3 Å². The third-order valence-corrected chi connectivity index (χ3v) is 3.78. The van der Waals surface area contributed by atoms with E-state index in [-0.39, 0.29) is 18.2 Å². The fraction of sp³-hybridized carbons (Fsp3) is 0.467. The summed E-state index contributed by atoms with van der Waals surface area (Å²) in [5.74, 6) is 0.391. The highest BCUT2D eigenvalue weighted by Gasteiger charge is 2.31. The summed E-state index contributed by atoms with van der Waals surface area (Å²) in [7, 11) is 0. The second kappa shape index (κ2) is 5.53. The van der Waals surface area contributed by atoms with Crippen LogP contribution in [0.4, 0.5) is 5.69 Å². The molecule has 2 heterocycles. The average Bonchev–Trinajstić information content (AvgIpc) is 2.49. The Morgan fingerprint density at radius 2 is 2.00 bits per heavy atom. The van der Waals surface area contributed by atoms with E-state index in [2.05, 4.69) is 5.32 Å². The van der Waals surface area contributed by atoms with Crippen LogP contribution in [0.5, 0.6) is 5.75 Å². The van der Waals surface area contributed by atoms with E-state index in [1.165, 1.54) is 6.42 Å². The Morgan fingerprint density at radius 3 is 2.80 bits per heavy atom. The molecular weight excluding hydrogens is 256 g/mol. The first-order valence-corrected chi connectivity index (χ1v) is 7.08. The topological polar surface area (TPSA) is 58.6 Å². The van der Waals surface area contributed by atoms with Crippen molar-refractivity contribution in [3.05, 3.63) is 24.3 Å². The third-order valence-electron chi connectivity index (χ3n) is 3.78. The van der Waals surface area contributed by atoms with E-state index < -0.39 is 6.10 Å². The molecule has 0 spiro atoms. The van der Waals surface area contributed by atoms with E-state index in [1.54, 1.807) is 12.1 Å². The number of hydrogen-bond acceptors (Lipinski definition) is 3. The number of para-hydroxylation sites is 2. The van der Waals surface area contributed by atoms with E-state index >= 15 is 0 Å². The lowest BCUT2D eigenvalue weighted by molar-refractivity contribution is -0.137. The second-order valence-corrected chi connectivity index (χ2v) is 5.24. The zero-order chi connectivity index (χ0) is 13.9. The number of anilines is 1. The van der Waals surface area contributed by atoms with Crippen LogP contribution in [0.1, 0.15) is 25.7 Å². The van der Waals surface area contributed by atoms with E-state index in [4.69, 9.17) is 4.74 Å². The Balaban J connectivity index is 1.66. The molecule has 20 heavy (non-hydrogen) atoms.